The molecule has 4 rings (SSSR count). The minimum absolute atomic E-state index is 0.0416. The molecule has 1 N–H and O–H groups in total. The predicted molar refractivity (Wildman–Crippen MR) is 131 cm³/mol. The van der Waals surface area contributed by atoms with E-state index in [-0.39, 0.29) is 22.1 Å². The molecule has 2 aliphatic rings. The molecule has 11 nitrogen and oxygen atoms in total. The third kappa shape index (κ3) is 5.06. The minimum Gasteiger partial charge on any atom is -0.368 e. The van der Waals surface area contributed by atoms with Gasteiger partial charge < -0.3 is 14.7 Å². The number of anilines is 2. The van der Waals surface area contributed by atoms with Gasteiger partial charge in [-0.1, -0.05) is 0 Å². The Morgan fingerprint density at radius 2 is 1.50 bits per heavy atom. The van der Waals surface area contributed by atoms with Gasteiger partial charge >= 0.3 is 0 Å². The third-order valence-electron chi connectivity index (χ3n) is 6.09. The summed E-state index contributed by atoms with van der Waals surface area (Å²) in [6.07, 6.45) is 1.98. The SMILES string of the molecule is O=C(NC(=S)N1CCN(c2ccc([N+](=O)[O-])cc2)CC1)c1ccc(N2CCCC2)c([N+](=O)[O-])c1. The van der Waals surface area contributed by atoms with E-state index in [0.29, 0.717) is 31.9 Å². The van der Waals surface area contributed by atoms with E-state index in [1.54, 1.807) is 24.3 Å². The highest BCUT2D eigenvalue weighted by atomic mass is 32.1. The summed E-state index contributed by atoms with van der Waals surface area (Å²) in [4.78, 5) is 40.2. The van der Waals surface area contributed by atoms with Crippen molar-refractivity contribution >= 4 is 46.0 Å². The van der Waals surface area contributed by atoms with E-state index >= 15 is 0 Å². The summed E-state index contributed by atoms with van der Waals surface area (Å²) in [6.45, 7) is 3.91. The van der Waals surface area contributed by atoms with Crippen LogP contribution in [-0.4, -0.2) is 65.0 Å². The van der Waals surface area contributed by atoms with E-state index in [1.165, 1.54) is 18.2 Å². The smallest absolute Gasteiger partial charge is 0.293 e. The molecule has 0 saturated carbocycles. The van der Waals surface area contributed by atoms with Crippen LogP contribution in [0.4, 0.5) is 22.7 Å². The molecule has 34 heavy (non-hydrogen) atoms. The number of nitro benzene ring substituents is 2. The summed E-state index contributed by atoms with van der Waals surface area (Å²) in [7, 11) is 0. The molecule has 0 aromatic heterocycles. The average Bonchev–Trinajstić information content (AvgIpc) is 3.38. The second-order valence-corrected chi connectivity index (χ2v) is 8.55. The lowest BCUT2D eigenvalue weighted by Gasteiger charge is -2.37. The largest absolute Gasteiger partial charge is 0.368 e. The number of hydrogen-bond donors (Lipinski definition) is 1. The lowest BCUT2D eigenvalue weighted by molar-refractivity contribution is -0.384. The Morgan fingerprint density at radius 3 is 2.09 bits per heavy atom. The van der Waals surface area contributed by atoms with Crippen LogP contribution >= 0.6 is 12.2 Å². The molecule has 2 aliphatic heterocycles. The topological polar surface area (TPSA) is 125 Å². The van der Waals surface area contributed by atoms with E-state index in [4.69, 9.17) is 12.2 Å². The van der Waals surface area contributed by atoms with Gasteiger partial charge in [-0.15, -0.1) is 0 Å². The van der Waals surface area contributed by atoms with Crippen LogP contribution in [0.25, 0.3) is 0 Å². The average molecular weight is 485 g/mol. The predicted octanol–water partition coefficient (Wildman–Crippen LogP) is 2.94. The molecule has 0 aliphatic carbocycles. The highest BCUT2D eigenvalue weighted by Crippen LogP contribution is 2.31. The molecule has 1 amide bonds. The summed E-state index contributed by atoms with van der Waals surface area (Å²) >= 11 is 5.41. The molecular weight excluding hydrogens is 460 g/mol. The lowest BCUT2D eigenvalue weighted by atomic mass is 10.1. The van der Waals surface area contributed by atoms with E-state index in [9.17, 15) is 25.0 Å². The molecule has 12 heteroatoms. The number of amides is 1. The Kier molecular flexibility index (Phi) is 6.87. The van der Waals surface area contributed by atoms with Crippen molar-refractivity contribution in [3.63, 3.8) is 0 Å². The van der Waals surface area contributed by atoms with Gasteiger partial charge in [0.1, 0.15) is 5.69 Å². The third-order valence-corrected chi connectivity index (χ3v) is 6.45. The van der Waals surface area contributed by atoms with Gasteiger partial charge in [-0.05, 0) is 49.3 Å². The number of benzene rings is 2. The first kappa shape index (κ1) is 23.4. The maximum atomic E-state index is 12.8. The fourth-order valence-corrected chi connectivity index (χ4v) is 4.51. The highest BCUT2D eigenvalue weighted by molar-refractivity contribution is 7.80. The number of thiocarbonyl (C=S) groups is 1. The van der Waals surface area contributed by atoms with Crippen LogP contribution in [0.3, 0.4) is 0 Å². The van der Waals surface area contributed by atoms with Crippen LogP contribution < -0.4 is 15.1 Å². The van der Waals surface area contributed by atoms with Crippen LogP contribution in [0.5, 0.6) is 0 Å². The quantitative estimate of drug-likeness (QED) is 0.387. The molecular formula is C22H24N6O5S. The number of carbonyl (C=O) groups excluding carboxylic acids is 1. The van der Waals surface area contributed by atoms with Crippen LogP contribution in [-0.2, 0) is 0 Å². The van der Waals surface area contributed by atoms with E-state index in [2.05, 4.69) is 10.2 Å². The van der Waals surface area contributed by atoms with Crippen LogP contribution in [0.15, 0.2) is 42.5 Å². The summed E-state index contributed by atoms with van der Waals surface area (Å²) in [5.74, 6) is -0.487. The zero-order valence-electron chi connectivity index (χ0n) is 18.4. The van der Waals surface area contributed by atoms with Gasteiger partial charge in [-0.3, -0.25) is 30.3 Å². The van der Waals surface area contributed by atoms with E-state index in [1.807, 2.05) is 9.80 Å². The molecule has 0 bridgehead atoms. The van der Waals surface area contributed by atoms with Gasteiger partial charge in [0, 0.05) is 68.7 Å². The fourth-order valence-electron chi connectivity index (χ4n) is 4.24. The molecule has 2 aromatic carbocycles. The second-order valence-electron chi connectivity index (χ2n) is 8.16. The van der Waals surface area contributed by atoms with Gasteiger partial charge in [0.25, 0.3) is 17.3 Å². The Balaban J connectivity index is 1.36. The Labute approximate surface area is 201 Å². The normalized spacial score (nSPS) is 15.8. The number of piperazine rings is 1. The molecule has 0 atom stereocenters. The van der Waals surface area contributed by atoms with Gasteiger partial charge in [-0.2, -0.15) is 0 Å². The number of rotatable bonds is 5. The number of nitrogens with zero attached hydrogens (tertiary/aromatic N) is 5. The standard InChI is InChI=1S/C22H24N6O5S/c29-21(16-3-8-19(20(15-16)28(32)33)25-9-1-2-10-25)23-22(34)26-13-11-24(12-14-26)17-4-6-18(7-5-17)27(30)31/h3-8,15H,1-2,9-14H2,(H,23,29,34). The number of hydrogen-bond acceptors (Lipinski definition) is 8. The maximum absolute atomic E-state index is 12.8. The summed E-state index contributed by atoms with van der Waals surface area (Å²) in [6, 6.07) is 10.9. The van der Waals surface area contributed by atoms with Crippen molar-refractivity contribution in [2.45, 2.75) is 12.8 Å². The van der Waals surface area contributed by atoms with E-state index < -0.39 is 15.8 Å². The zero-order chi connectivity index (χ0) is 24.2. The van der Waals surface area contributed by atoms with Crippen molar-refractivity contribution in [3.05, 3.63) is 68.3 Å². The highest BCUT2D eigenvalue weighted by Gasteiger charge is 2.25. The first-order valence-electron chi connectivity index (χ1n) is 11.0. The van der Waals surface area contributed by atoms with Crippen LogP contribution in [0.2, 0.25) is 0 Å². The second kappa shape index (κ2) is 10.00. The Morgan fingerprint density at radius 1 is 0.853 bits per heavy atom. The molecule has 2 aromatic rings. The molecule has 2 saturated heterocycles. The zero-order valence-corrected chi connectivity index (χ0v) is 19.2. The summed E-state index contributed by atoms with van der Waals surface area (Å²) in [5.41, 5.74) is 1.55. The first-order valence-corrected chi connectivity index (χ1v) is 11.4. The number of nitro groups is 2. The molecule has 0 unspecified atom stereocenters. The van der Waals surface area contributed by atoms with Crippen molar-refractivity contribution in [2.75, 3.05) is 49.1 Å². The number of carbonyl (C=O) groups is 1. The van der Waals surface area contributed by atoms with Crippen LogP contribution in [0.1, 0.15) is 23.2 Å². The van der Waals surface area contributed by atoms with Gasteiger partial charge in [0.05, 0.1) is 9.85 Å². The molecule has 2 heterocycles. The van der Waals surface area contributed by atoms with Crippen molar-refractivity contribution in [1.29, 1.82) is 0 Å². The summed E-state index contributed by atoms with van der Waals surface area (Å²) in [5, 5.41) is 25.4. The maximum Gasteiger partial charge on any atom is 0.293 e. The van der Waals surface area contributed by atoms with Crippen molar-refractivity contribution < 1.29 is 14.6 Å². The van der Waals surface area contributed by atoms with Gasteiger partial charge in [0.15, 0.2) is 5.11 Å². The molecule has 0 spiro atoms. The van der Waals surface area contributed by atoms with Crippen molar-refractivity contribution in [2.24, 2.45) is 0 Å². The van der Waals surface area contributed by atoms with E-state index in [0.717, 1.165) is 31.6 Å². The Bertz CT molecular complexity index is 1110. The van der Waals surface area contributed by atoms with Gasteiger partial charge in [0.2, 0.25) is 0 Å². The Hall–Kier alpha value is -3.80. The minimum atomic E-state index is -0.487. The molecule has 0 radical (unpaired) electrons. The number of nitrogens with one attached hydrogen (secondary N) is 1. The first-order chi connectivity index (χ1) is 16.3. The molecule has 178 valence electrons. The fraction of sp³-hybridized carbons (Fsp3) is 0.364. The number of non-ortho nitro benzene ring substituents is 1. The monoisotopic (exact) mass is 484 g/mol. The lowest BCUT2D eigenvalue weighted by Crippen LogP contribution is -2.52. The van der Waals surface area contributed by atoms with Crippen molar-refractivity contribution in [1.82, 2.24) is 10.2 Å². The summed E-state index contributed by atoms with van der Waals surface area (Å²) < 4.78 is 0. The van der Waals surface area contributed by atoms with Crippen molar-refractivity contribution in [3.8, 4) is 0 Å². The van der Waals surface area contributed by atoms with Gasteiger partial charge in [-0.25, -0.2) is 0 Å². The van der Waals surface area contributed by atoms with Crippen LogP contribution in [0, 0.1) is 20.2 Å². The molecule has 2 fully saturated rings.